The van der Waals surface area contributed by atoms with Crippen molar-refractivity contribution in [3.63, 3.8) is 0 Å². The lowest BCUT2D eigenvalue weighted by atomic mass is 10.0. The Morgan fingerprint density at radius 1 is 0.944 bits per heavy atom. The first-order valence-corrected chi connectivity index (χ1v) is 14.2. The second-order valence-corrected chi connectivity index (χ2v) is 11.5. The molecular formula is C29H34N2O4S. The van der Waals surface area contributed by atoms with Gasteiger partial charge in [0.25, 0.3) is 0 Å². The van der Waals surface area contributed by atoms with E-state index in [0.717, 1.165) is 48.4 Å². The van der Waals surface area contributed by atoms with E-state index in [0.29, 0.717) is 13.2 Å². The first-order chi connectivity index (χ1) is 17.3. The topological polar surface area (TPSA) is 66.9 Å². The average Bonchev–Trinajstić information content (AvgIpc) is 3.41. The van der Waals surface area contributed by atoms with E-state index in [-0.39, 0.29) is 23.3 Å². The third-order valence-electron chi connectivity index (χ3n) is 6.65. The third-order valence-corrected chi connectivity index (χ3v) is 7.78. The minimum atomic E-state index is -3.26. The number of rotatable bonds is 10. The molecular weight excluding hydrogens is 472 g/mol. The predicted octanol–water partition coefficient (Wildman–Crippen LogP) is 4.51. The molecule has 1 heterocycles. The summed E-state index contributed by atoms with van der Waals surface area (Å²) in [5.41, 5.74) is 3.06. The molecule has 4 rings (SSSR count). The summed E-state index contributed by atoms with van der Waals surface area (Å²) in [7, 11) is -1.42. The van der Waals surface area contributed by atoms with Crippen LogP contribution in [0.25, 0.3) is 0 Å². The maximum atomic E-state index is 13.1. The zero-order valence-corrected chi connectivity index (χ0v) is 21.8. The minimum Gasteiger partial charge on any atom is -0.489 e. The van der Waals surface area contributed by atoms with Crippen LogP contribution in [0, 0.1) is 0 Å². The van der Waals surface area contributed by atoms with Gasteiger partial charge in [-0.25, -0.2) is 8.42 Å². The number of hydrogen-bond donors (Lipinski definition) is 0. The Labute approximate surface area is 214 Å². The summed E-state index contributed by atoms with van der Waals surface area (Å²) in [4.78, 5) is 17.6. The van der Waals surface area contributed by atoms with E-state index < -0.39 is 9.84 Å². The molecule has 1 aliphatic rings. The molecule has 3 aromatic carbocycles. The van der Waals surface area contributed by atoms with Crippen molar-refractivity contribution in [2.75, 3.05) is 32.9 Å². The molecule has 0 radical (unpaired) electrons. The summed E-state index contributed by atoms with van der Waals surface area (Å²) >= 11 is 0. The van der Waals surface area contributed by atoms with Crippen LogP contribution >= 0.6 is 0 Å². The third kappa shape index (κ3) is 6.95. The Bertz CT molecular complexity index is 1250. The van der Waals surface area contributed by atoms with E-state index in [1.165, 1.54) is 6.26 Å². The highest BCUT2D eigenvalue weighted by atomic mass is 32.2. The molecule has 1 saturated heterocycles. The standard InChI is InChI=1S/C29H34N2O4S/c1-30(29(32)19-23-13-15-27(16-14-23)36(2,33)34)21-28(31-17-6-7-18-31)25-11-8-12-26(20-25)35-22-24-9-4-3-5-10-24/h3-5,8-16,20,28H,6-7,17-19,21-22H2,1-2H3. The molecule has 0 saturated carbocycles. The highest BCUT2D eigenvalue weighted by molar-refractivity contribution is 7.90. The van der Waals surface area contributed by atoms with Crippen molar-refractivity contribution in [1.29, 1.82) is 0 Å². The summed E-state index contributed by atoms with van der Waals surface area (Å²) in [6.45, 7) is 3.10. The van der Waals surface area contributed by atoms with Crippen LogP contribution in [0.15, 0.2) is 83.8 Å². The number of ether oxygens (including phenoxy) is 1. The van der Waals surface area contributed by atoms with Gasteiger partial charge in [0.05, 0.1) is 17.4 Å². The van der Waals surface area contributed by atoms with E-state index in [9.17, 15) is 13.2 Å². The molecule has 1 fully saturated rings. The van der Waals surface area contributed by atoms with Gasteiger partial charge in [0.15, 0.2) is 9.84 Å². The first kappa shape index (κ1) is 25.9. The molecule has 3 aromatic rings. The molecule has 1 amide bonds. The summed E-state index contributed by atoms with van der Waals surface area (Å²) < 4.78 is 29.5. The molecule has 0 N–H and O–H groups in total. The molecule has 7 heteroatoms. The lowest BCUT2D eigenvalue weighted by molar-refractivity contribution is -0.129. The van der Waals surface area contributed by atoms with Crippen LogP contribution in [0.5, 0.6) is 5.75 Å². The van der Waals surface area contributed by atoms with Gasteiger partial charge in [-0.15, -0.1) is 0 Å². The Morgan fingerprint density at radius 3 is 2.31 bits per heavy atom. The molecule has 6 nitrogen and oxygen atoms in total. The summed E-state index contributed by atoms with van der Waals surface area (Å²) in [5.74, 6) is 0.822. The molecule has 0 aliphatic carbocycles. The van der Waals surface area contributed by atoms with Crippen molar-refractivity contribution in [3.05, 3.63) is 95.6 Å². The second-order valence-electron chi connectivity index (χ2n) is 9.47. The zero-order valence-electron chi connectivity index (χ0n) is 21.0. The molecule has 190 valence electrons. The first-order valence-electron chi connectivity index (χ1n) is 12.3. The van der Waals surface area contributed by atoms with Crippen molar-refractivity contribution in [2.45, 2.75) is 36.8 Å². The summed E-state index contributed by atoms with van der Waals surface area (Å²) in [5, 5.41) is 0. The van der Waals surface area contributed by atoms with E-state index in [2.05, 4.69) is 17.0 Å². The summed E-state index contributed by atoms with van der Waals surface area (Å²) in [6, 6.07) is 24.9. The monoisotopic (exact) mass is 506 g/mol. The van der Waals surface area contributed by atoms with Crippen LogP contribution in [0.2, 0.25) is 0 Å². The molecule has 0 aromatic heterocycles. The fraction of sp³-hybridized carbons (Fsp3) is 0.345. The lowest BCUT2D eigenvalue weighted by Gasteiger charge is -2.32. The number of likely N-dealkylation sites (N-methyl/N-ethyl adjacent to an activating group) is 1. The number of carbonyl (C=O) groups is 1. The smallest absolute Gasteiger partial charge is 0.226 e. The van der Waals surface area contributed by atoms with Crippen molar-refractivity contribution < 1.29 is 17.9 Å². The van der Waals surface area contributed by atoms with Crippen LogP contribution in [-0.4, -0.2) is 57.1 Å². The van der Waals surface area contributed by atoms with Gasteiger partial charge in [-0.3, -0.25) is 9.69 Å². The lowest BCUT2D eigenvalue weighted by Crippen LogP contribution is -2.38. The predicted molar refractivity (Wildman–Crippen MR) is 142 cm³/mol. The second kappa shape index (κ2) is 11.7. The molecule has 1 aliphatic heterocycles. The van der Waals surface area contributed by atoms with Gasteiger partial charge in [0.2, 0.25) is 5.91 Å². The van der Waals surface area contributed by atoms with Crippen LogP contribution < -0.4 is 4.74 Å². The van der Waals surface area contributed by atoms with Crippen molar-refractivity contribution in [1.82, 2.24) is 9.80 Å². The molecule has 1 atom stereocenters. The van der Waals surface area contributed by atoms with Crippen molar-refractivity contribution in [3.8, 4) is 5.75 Å². The maximum absolute atomic E-state index is 13.1. The van der Waals surface area contributed by atoms with Gasteiger partial charge in [0, 0.05) is 19.8 Å². The van der Waals surface area contributed by atoms with Crippen LogP contribution in [-0.2, 0) is 27.7 Å². The van der Waals surface area contributed by atoms with Gasteiger partial charge < -0.3 is 9.64 Å². The van der Waals surface area contributed by atoms with E-state index >= 15 is 0 Å². The Kier molecular flexibility index (Phi) is 8.44. The van der Waals surface area contributed by atoms with Crippen LogP contribution in [0.4, 0.5) is 0 Å². The quantitative estimate of drug-likeness (QED) is 0.405. The zero-order chi connectivity index (χ0) is 25.5. The summed E-state index contributed by atoms with van der Waals surface area (Å²) in [6.07, 6.45) is 3.73. The van der Waals surface area contributed by atoms with Crippen molar-refractivity contribution in [2.24, 2.45) is 0 Å². The number of carbonyl (C=O) groups excluding carboxylic acids is 1. The molecule has 1 unspecified atom stereocenters. The van der Waals surface area contributed by atoms with Gasteiger partial charge >= 0.3 is 0 Å². The SMILES string of the molecule is CN(CC(c1cccc(OCc2ccccc2)c1)N1CCCC1)C(=O)Cc1ccc(S(C)(=O)=O)cc1. The van der Waals surface area contributed by atoms with E-state index in [1.807, 2.05) is 49.5 Å². The highest BCUT2D eigenvalue weighted by Crippen LogP contribution is 2.29. The number of sulfone groups is 1. The van der Waals surface area contributed by atoms with Crippen LogP contribution in [0.3, 0.4) is 0 Å². The highest BCUT2D eigenvalue weighted by Gasteiger charge is 2.26. The number of amides is 1. The van der Waals surface area contributed by atoms with Crippen molar-refractivity contribution >= 4 is 15.7 Å². The van der Waals surface area contributed by atoms with E-state index in [4.69, 9.17) is 4.74 Å². The molecule has 0 spiro atoms. The number of benzene rings is 3. The largest absolute Gasteiger partial charge is 0.489 e. The number of nitrogens with zero attached hydrogens (tertiary/aromatic N) is 2. The van der Waals surface area contributed by atoms with Gasteiger partial charge in [-0.05, 0) is 66.9 Å². The van der Waals surface area contributed by atoms with Crippen LogP contribution in [0.1, 0.15) is 35.6 Å². The average molecular weight is 507 g/mol. The fourth-order valence-corrected chi connectivity index (χ4v) is 5.19. The van der Waals surface area contributed by atoms with Gasteiger partial charge in [-0.1, -0.05) is 54.6 Å². The Balaban J connectivity index is 1.44. The Morgan fingerprint density at radius 2 is 1.64 bits per heavy atom. The van der Waals surface area contributed by atoms with Gasteiger partial charge in [-0.2, -0.15) is 0 Å². The normalized spacial score (nSPS) is 14.9. The van der Waals surface area contributed by atoms with E-state index in [1.54, 1.807) is 29.2 Å². The maximum Gasteiger partial charge on any atom is 0.226 e. The fourth-order valence-electron chi connectivity index (χ4n) is 4.56. The number of likely N-dealkylation sites (tertiary alicyclic amines) is 1. The van der Waals surface area contributed by atoms with Gasteiger partial charge in [0.1, 0.15) is 12.4 Å². The molecule has 36 heavy (non-hydrogen) atoms. The minimum absolute atomic E-state index is 0.00258. The number of hydrogen-bond acceptors (Lipinski definition) is 5. The molecule has 0 bridgehead atoms. The Hall–Kier alpha value is -3.16.